The number of aryl methyl sites for hydroxylation is 1. The van der Waals surface area contributed by atoms with E-state index in [0.29, 0.717) is 11.4 Å². The van der Waals surface area contributed by atoms with E-state index in [9.17, 15) is 4.79 Å². The number of nitrogens with zero attached hydrogens (tertiary/aromatic N) is 3. The summed E-state index contributed by atoms with van der Waals surface area (Å²) in [4.78, 5) is 15.9. The predicted octanol–water partition coefficient (Wildman–Crippen LogP) is 5.53. The van der Waals surface area contributed by atoms with Gasteiger partial charge in [0.15, 0.2) is 0 Å². The van der Waals surface area contributed by atoms with Gasteiger partial charge in [0.2, 0.25) is 0 Å². The minimum Gasteiger partial charge on any atom is -0.449 e. The maximum atomic E-state index is 11.0. The minimum atomic E-state index is -1.33. The summed E-state index contributed by atoms with van der Waals surface area (Å²) in [6, 6.07) is 20.2. The zero-order valence-corrected chi connectivity index (χ0v) is 18.2. The first-order valence-corrected chi connectivity index (χ1v) is 11.1. The Morgan fingerprint density at radius 2 is 1.82 bits per heavy atom. The van der Waals surface area contributed by atoms with Gasteiger partial charge in [-0.05, 0) is 43.3 Å². The standard InChI is InChI=1S/C26H23N3O4/c1-2-28-22-6-4-3-5-19(22)20-11-17(7-9-23(20)28)25-27-21-12-18(33-26(30)31)8-10-24(21)29(25)13-16-14-32-15-16/h3-12,16H,2,13-15H2,1H3,(H,30,31). The maximum absolute atomic E-state index is 11.0. The Balaban J connectivity index is 1.55. The van der Waals surface area contributed by atoms with Crippen molar-refractivity contribution >= 4 is 39.0 Å². The lowest BCUT2D eigenvalue weighted by atomic mass is 10.1. The van der Waals surface area contributed by atoms with Crippen molar-refractivity contribution in [1.82, 2.24) is 14.1 Å². The number of ether oxygens (including phenoxy) is 2. The fraction of sp³-hybridized carbons (Fsp3) is 0.231. The van der Waals surface area contributed by atoms with Gasteiger partial charge in [0.1, 0.15) is 11.6 Å². The van der Waals surface area contributed by atoms with Crippen LogP contribution >= 0.6 is 0 Å². The van der Waals surface area contributed by atoms with Gasteiger partial charge in [0, 0.05) is 52.4 Å². The fourth-order valence-corrected chi connectivity index (χ4v) is 4.86. The summed E-state index contributed by atoms with van der Waals surface area (Å²) in [7, 11) is 0. The van der Waals surface area contributed by atoms with Crippen molar-refractivity contribution < 1.29 is 19.4 Å². The third-order valence-electron chi connectivity index (χ3n) is 6.42. The number of fused-ring (bicyclic) bond motifs is 4. The smallest absolute Gasteiger partial charge is 0.449 e. The molecule has 7 nitrogen and oxygen atoms in total. The maximum Gasteiger partial charge on any atom is 0.511 e. The molecule has 0 unspecified atom stereocenters. The van der Waals surface area contributed by atoms with E-state index in [1.54, 1.807) is 12.1 Å². The van der Waals surface area contributed by atoms with Gasteiger partial charge in [-0.2, -0.15) is 0 Å². The number of para-hydroxylation sites is 1. The molecule has 1 aliphatic heterocycles. The lowest BCUT2D eigenvalue weighted by molar-refractivity contribution is -0.0387. The Bertz CT molecular complexity index is 1530. The van der Waals surface area contributed by atoms with E-state index in [4.69, 9.17) is 19.6 Å². The van der Waals surface area contributed by atoms with Crippen LogP contribution in [0, 0.1) is 5.92 Å². The molecule has 0 spiro atoms. The highest BCUT2D eigenvalue weighted by molar-refractivity contribution is 6.09. The van der Waals surface area contributed by atoms with E-state index < -0.39 is 6.16 Å². The first-order chi connectivity index (χ1) is 16.1. The van der Waals surface area contributed by atoms with Gasteiger partial charge >= 0.3 is 6.16 Å². The van der Waals surface area contributed by atoms with E-state index in [-0.39, 0.29) is 5.75 Å². The normalized spacial score (nSPS) is 14.2. The number of imidazole rings is 1. The lowest BCUT2D eigenvalue weighted by Crippen LogP contribution is -2.31. The number of rotatable bonds is 5. The molecule has 3 heterocycles. The second-order valence-electron chi connectivity index (χ2n) is 8.46. The van der Waals surface area contributed by atoms with Gasteiger partial charge in [0.05, 0.1) is 24.2 Å². The molecule has 5 aromatic rings. The quantitative estimate of drug-likeness (QED) is 0.286. The molecule has 7 heteroatoms. The Morgan fingerprint density at radius 3 is 2.58 bits per heavy atom. The van der Waals surface area contributed by atoms with Gasteiger partial charge in [-0.15, -0.1) is 0 Å². The second-order valence-corrected chi connectivity index (χ2v) is 8.46. The van der Waals surface area contributed by atoms with Crippen LogP contribution in [0.15, 0.2) is 60.7 Å². The topological polar surface area (TPSA) is 78.5 Å². The zero-order chi connectivity index (χ0) is 22.5. The van der Waals surface area contributed by atoms with Crippen LogP contribution in [0.2, 0.25) is 0 Å². The molecule has 166 valence electrons. The van der Waals surface area contributed by atoms with Crippen LogP contribution < -0.4 is 4.74 Å². The van der Waals surface area contributed by atoms with Crippen molar-refractivity contribution in [2.75, 3.05) is 13.2 Å². The van der Waals surface area contributed by atoms with Gasteiger partial charge in [-0.1, -0.05) is 18.2 Å². The number of benzene rings is 3. The molecule has 1 fully saturated rings. The molecule has 33 heavy (non-hydrogen) atoms. The van der Waals surface area contributed by atoms with Gasteiger partial charge in [0.25, 0.3) is 0 Å². The molecule has 1 saturated heterocycles. The highest BCUT2D eigenvalue weighted by Gasteiger charge is 2.23. The average Bonchev–Trinajstić information content (AvgIpc) is 3.30. The van der Waals surface area contributed by atoms with Crippen LogP contribution in [0.5, 0.6) is 5.75 Å². The summed E-state index contributed by atoms with van der Waals surface area (Å²) in [6.45, 7) is 5.33. The number of aromatic nitrogens is 3. The second kappa shape index (κ2) is 7.64. The molecule has 0 atom stereocenters. The molecule has 0 radical (unpaired) electrons. The lowest BCUT2D eigenvalue weighted by Gasteiger charge is -2.27. The molecule has 1 aliphatic rings. The van der Waals surface area contributed by atoms with Gasteiger partial charge in [-0.25, -0.2) is 9.78 Å². The van der Waals surface area contributed by atoms with Crippen LogP contribution in [0.1, 0.15) is 6.92 Å². The number of hydrogen-bond acceptors (Lipinski definition) is 4. The first kappa shape index (κ1) is 19.8. The minimum absolute atomic E-state index is 0.264. The van der Waals surface area contributed by atoms with Crippen molar-refractivity contribution in [2.24, 2.45) is 5.92 Å². The molecule has 3 aromatic carbocycles. The van der Waals surface area contributed by atoms with Crippen LogP contribution in [0.3, 0.4) is 0 Å². The van der Waals surface area contributed by atoms with Crippen LogP contribution in [0.4, 0.5) is 4.79 Å². The fourth-order valence-electron chi connectivity index (χ4n) is 4.86. The van der Waals surface area contributed by atoms with Crippen molar-refractivity contribution in [3.8, 4) is 17.1 Å². The van der Waals surface area contributed by atoms with E-state index >= 15 is 0 Å². The highest BCUT2D eigenvalue weighted by atomic mass is 16.7. The summed E-state index contributed by atoms with van der Waals surface area (Å²) < 4.78 is 14.8. The van der Waals surface area contributed by atoms with Crippen molar-refractivity contribution in [2.45, 2.75) is 20.0 Å². The predicted molar refractivity (Wildman–Crippen MR) is 127 cm³/mol. The van der Waals surface area contributed by atoms with E-state index in [1.807, 2.05) is 6.07 Å². The largest absolute Gasteiger partial charge is 0.511 e. The molecule has 0 saturated carbocycles. The number of carboxylic acid groups (broad SMARTS) is 1. The molecule has 6 rings (SSSR count). The van der Waals surface area contributed by atoms with E-state index in [2.05, 4.69) is 58.5 Å². The third kappa shape index (κ3) is 3.24. The summed E-state index contributed by atoms with van der Waals surface area (Å²) in [5.41, 5.74) is 5.11. The molecular formula is C26H23N3O4. The molecule has 0 bridgehead atoms. The van der Waals surface area contributed by atoms with Crippen molar-refractivity contribution in [3.63, 3.8) is 0 Å². The monoisotopic (exact) mass is 441 g/mol. The zero-order valence-electron chi connectivity index (χ0n) is 18.2. The van der Waals surface area contributed by atoms with Gasteiger partial charge in [-0.3, -0.25) is 0 Å². The Labute approximate surface area is 189 Å². The Kier molecular flexibility index (Phi) is 4.58. The average molecular weight is 441 g/mol. The van der Waals surface area contributed by atoms with E-state index in [0.717, 1.165) is 43.2 Å². The van der Waals surface area contributed by atoms with Crippen molar-refractivity contribution in [3.05, 3.63) is 60.7 Å². The van der Waals surface area contributed by atoms with Gasteiger partial charge < -0.3 is 23.7 Å². The summed E-state index contributed by atoms with van der Waals surface area (Å²) >= 11 is 0. The summed E-state index contributed by atoms with van der Waals surface area (Å²) in [6.07, 6.45) is -1.33. The molecular weight excluding hydrogens is 418 g/mol. The SMILES string of the molecule is CCn1c2ccccc2c2cc(-c3nc4cc(OC(=O)O)ccc4n3CC3COC3)ccc21. The third-order valence-corrected chi connectivity index (χ3v) is 6.42. The summed E-state index contributed by atoms with van der Waals surface area (Å²) in [5, 5.41) is 11.4. The van der Waals surface area contributed by atoms with Crippen LogP contribution in [-0.4, -0.2) is 38.6 Å². The highest BCUT2D eigenvalue weighted by Crippen LogP contribution is 2.35. The Hall–Kier alpha value is -3.84. The number of hydrogen-bond donors (Lipinski definition) is 1. The number of carbonyl (C=O) groups is 1. The van der Waals surface area contributed by atoms with E-state index in [1.165, 1.54) is 21.8 Å². The Morgan fingerprint density at radius 1 is 1.03 bits per heavy atom. The van der Waals surface area contributed by atoms with Crippen LogP contribution in [0.25, 0.3) is 44.2 Å². The summed E-state index contributed by atoms with van der Waals surface area (Å²) in [5.74, 6) is 1.56. The first-order valence-electron chi connectivity index (χ1n) is 11.1. The molecule has 0 amide bonds. The molecule has 0 aliphatic carbocycles. The van der Waals surface area contributed by atoms with Crippen molar-refractivity contribution in [1.29, 1.82) is 0 Å². The molecule has 1 N–H and O–H groups in total. The molecule has 2 aromatic heterocycles. The van der Waals surface area contributed by atoms with Crippen LogP contribution in [-0.2, 0) is 17.8 Å².